The number of benzene rings is 1. The summed E-state index contributed by atoms with van der Waals surface area (Å²) in [6, 6.07) is 9.83. The first-order valence-corrected chi connectivity index (χ1v) is 8.72. The van der Waals surface area contributed by atoms with Crippen LogP contribution in [0.25, 0.3) is 16.9 Å². The number of hydrogen-bond donors (Lipinski definition) is 1. The number of aromatic nitrogens is 3. The van der Waals surface area contributed by atoms with Gasteiger partial charge in [0.25, 0.3) is 0 Å². The zero-order chi connectivity index (χ0) is 17.2. The highest BCUT2D eigenvalue weighted by Crippen LogP contribution is 2.31. The number of H-pyrrole nitrogens is 1. The molecule has 1 aliphatic rings. The highest BCUT2D eigenvalue weighted by Gasteiger charge is 2.22. The fourth-order valence-corrected chi connectivity index (χ4v) is 3.78. The lowest BCUT2D eigenvalue weighted by molar-refractivity contribution is 0.540. The van der Waals surface area contributed by atoms with Gasteiger partial charge in [0.1, 0.15) is 5.82 Å². The molecule has 0 unspecified atom stereocenters. The van der Waals surface area contributed by atoms with Crippen LogP contribution in [-0.4, -0.2) is 14.5 Å². The molecule has 3 aromatic rings. The van der Waals surface area contributed by atoms with Gasteiger partial charge in [0.2, 0.25) is 0 Å². The molecular formula is C20H20FN3O. The van der Waals surface area contributed by atoms with E-state index in [9.17, 15) is 9.18 Å². The van der Waals surface area contributed by atoms with E-state index >= 15 is 0 Å². The van der Waals surface area contributed by atoms with Crippen molar-refractivity contribution in [2.75, 3.05) is 0 Å². The van der Waals surface area contributed by atoms with Gasteiger partial charge in [-0.2, -0.15) is 0 Å². The summed E-state index contributed by atoms with van der Waals surface area (Å²) in [6.45, 7) is 0. The highest BCUT2D eigenvalue weighted by molar-refractivity contribution is 5.64. The van der Waals surface area contributed by atoms with Crippen LogP contribution < -0.4 is 5.69 Å². The minimum absolute atomic E-state index is 0.189. The zero-order valence-corrected chi connectivity index (χ0v) is 13.9. The third-order valence-corrected chi connectivity index (χ3v) is 4.98. The van der Waals surface area contributed by atoms with Gasteiger partial charge in [-0.1, -0.05) is 25.7 Å². The zero-order valence-electron chi connectivity index (χ0n) is 13.9. The Hall–Kier alpha value is -2.69. The molecule has 1 aliphatic carbocycles. The number of aromatic amines is 1. The topological polar surface area (TPSA) is 50.7 Å². The molecule has 4 rings (SSSR count). The van der Waals surface area contributed by atoms with Crippen LogP contribution in [0.1, 0.15) is 31.4 Å². The van der Waals surface area contributed by atoms with Crippen LogP contribution in [0.3, 0.4) is 0 Å². The van der Waals surface area contributed by atoms with Gasteiger partial charge in [-0.05, 0) is 48.7 Å². The molecule has 1 fully saturated rings. The van der Waals surface area contributed by atoms with Crippen molar-refractivity contribution in [2.24, 2.45) is 5.92 Å². The summed E-state index contributed by atoms with van der Waals surface area (Å²) in [5, 5.41) is 0. The summed E-state index contributed by atoms with van der Waals surface area (Å²) in [5.74, 6) is 0.296. The van der Waals surface area contributed by atoms with Gasteiger partial charge >= 0.3 is 5.69 Å². The van der Waals surface area contributed by atoms with Gasteiger partial charge in [0, 0.05) is 23.7 Å². The van der Waals surface area contributed by atoms with Crippen LogP contribution in [0.2, 0.25) is 0 Å². The molecule has 128 valence electrons. The second-order valence-corrected chi connectivity index (χ2v) is 6.66. The molecule has 0 aliphatic heterocycles. The normalized spacial score (nSPS) is 14.9. The number of rotatable bonds is 4. The van der Waals surface area contributed by atoms with E-state index in [4.69, 9.17) is 0 Å². The second-order valence-electron chi connectivity index (χ2n) is 6.66. The summed E-state index contributed by atoms with van der Waals surface area (Å²) < 4.78 is 14.9. The Morgan fingerprint density at radius 2 is 1.76 bits per heavy atom. The number of pyridine rings is 1. The minimum atomic E-state index is -0.316. The Kier molecular flexibility index (Phi) is 4.22. The van der Waals surface area contributed by atoms with Crippen LogP contribution in [0.4, 0.5) is 4.39 Å². The molecular weight excluding hydrogens is 317 g/mol. The molecule has 0 radical (unpaired) electrons. The predicted octanol–water partition coefficient (Wildman–Crippen LogP) is 4.10. The van der Waals surface area contributed by atoms with Gasteiger partial charge in [0.15, 0.2) is 0 Å². The predicted molar refractivity (Wildman–Crippen MR) is 95.2 cm³/mol. The lowest BCUT2D eigenvalue weighted by Crippen LogP contribution is -2.15. The third-order valence-electron chi connectivity index (χ3n) is 4.98. The first-order valence-electron chi connectivity index (χ1n) is 8.72. The van der Waals surface area contributed by atoms with Crippen molar-refractivity contribution in [1.29, 1.82) is 0 Å². The number of hydrogen-bond acceptors (Lipinski definition) is 2. The van der Waals surface area contributed by atoms with Gasteiger partial charge < -0.3 is 4.98 Å². The first-order chi connectivity index (χ1) is 12.2. The molecule has 1 N–H and O–H groups in total. The van der Waals surface area contributed by atoms with Crippen molar-refractivity contribution in [3.63, 3.8) is 0 Å². The maximum Gasteiger partial charge on any atom is 0.330 e. The molecule has 0 spiro atoms. The third kappa shape index (κ3) is 3.14. The molecule has 0 atom stereocenters. The summed E-state index contributed by atoms with van der Waals surface area (Å²) in [6.07, 6.45) is 9.25. The average molecular weight is 337 g/mol. The van der Waals surface area contributed by atoms with E-state index in [0.29, 0.717) is 11.6 Å². The maximum absolute atomic E-state index is 13.3. The molecule has 0 amide bonds. The van der Waals surface area contributed by atoms with Crippen molar-refractivity contribution in [3.8, 4) is 16.9 Å². The van der Waals surface area contributed by atoms with E-state index < -0.39 is 0 Å². The summed E-state index contributed by atoms with van der Waals surface area (Å²) in [7, 11) is 0. The van der Waals surface area contributed by atoms with Gasteiger partial charge in [-0.3, -0.25) is 9.55 Å². The molecule has 2 heterocycles. The molecule has 2 aromatic heterocycles. The van der Waals surface area contributed by atoms with Crippen LogP contribution in [0.15, 0.2) is 53.6 Å². The average Bonchev–Trinajstić information content (AvgIpc) is 3.24. The monoisotopic (exact) mass is 337 g/mol. The summed E-state index contributed by atoms with van der Waals surface area (Å²) in [4.78, 5) is 19.8. The van der Waals surface area contributed by atoms with E-state index in [0.717, 1.165) is 23.4 Å². The quantitative estimate of drug-likeness (QED) is 0.779. The van der Waals surface area contributed by atoms with E-state index in [-0.39, 0.29) is 11.5 Å². The Labute approximate surface area is 145 Å². The Morgan fingerprint density at radius 1 is 1.08 bits per heavy atom. The molecule has 1 aromatic carbocycles. The second kappa shape index (κ2) is 6.67. The minimum Gasteiger partial charge on any atom is -0.309 e. The Bertz CT molecular complexity index is 906. The fraction of sp³-hybridized carbons (Fsp3) is 0.300. The molecule has 4 nitrogen and oxygen atoms in total. The lowest BCUT2D eigenvalue weighted by Gasteiger charge is -2.12. The number of halogens is 1. The maximum atomic E-state index is 13.3. The van der Waals surface area contributed by atoms with Gasteiger partial charge in [-0.25, -0.2) is 9.18 Å². The molecule has 5 heteroatoms. The number of nitrogens with one attached hydrogen (secondary N) is 1. The lowest BCUT2D eigenvalue weighted by atomic mass is 9.99. The van der Waals surface area contributed by atoms with Crippen molar-refractivity contribution in [3.05, 3.63) is 70.8 Å². The van der Waals surface area contributed by atoms with Gasteiger partial charge in [-0.15, -0.1) is 0 Å². The fourth-order valence-electron chi connectivity index (χ4n) is 3.78. The highest BCUT2D eigenvalue weighted by atomic mass is 19.1. The summed E-state index contributed by atoms with van der Waals surface area (Å²) >= 11 is 0. The van der Waals surface area contributed by atoms with Crippen molar-refractivity contribution >= 4 is 0 Å². The van der Waals surface area contributed by atoms with Gasteiger partial charge in [0.05, 0.1) is 11.4 Å². The SMILES string of the molecule is O=c1[nH]c(CC2CCCC2)c(-c2ccncc2)n1-c1ccc(F)cc1. The number of nitrogens with zero attached hydrogens (tertiary/aromatic N) is 2. The van der Waals surface area contributed by atoms with Crippen LogP contribution in [-0.2, 0) is 6.42 Å². The van der Waals surface area contributed by atoms with Crippen molar-refractivity contribution in [2.45, 2.75) is 32.1 Å². The Balaban J connectivity index is 1.86. The van der Waals surface area contributed by atoms with E-state index in [2.05, 4.69) is 9.97 Å². The van der Waals surface area contributed by atoms with Crippen LogP contribution in [0.5, 0.6) is 0 Å². The molecule has 25 heavy (non-hydrogen) atoms. The van der Waals surface area contributed by atoms with Crippen LogP contribution >= 0.6 is 0 Å². The smallest absolute Gasteiger partial charge is 0.309 e. The van der Waals surface area contributed by atoms with E-state index in [1.165, 1.54) is 37.8 Å². The van der Waals surface area contributed by atoms with E-state index in [1.54, 1.807) is 29.1 Å². The standard InChI is InChI=1S/C20H20FN3O/c21-16-5-7-17(8-6-16)24-19(15-9-11-22-12-10-15)18(23-20(24)25)13-14-3-1-2-4-14/h5-12,14H,1-4,13H2,(H,23,25). The summed E-state index contributed by atoms with van der Waals surface area (Å²) in [5.41, 5.74) is 3.21. The van der Waals surface area contributed by atoms with Crippen molar-refractivity contribution < 1.29 is 4.39 Å². The van der Waals surface area contributed by atoms with Crippen molar-refractivity contribution in [1.82, 2.24) is 14.5 Å². The number of imidazole rings is 1. The first kappa shape index (κ1) is 15.8. The molecule has 1 saturated carbocycles. The Morgan fingerprint density at radius 3 is 2.44 bits per heavy atom. The molecule has 0 saturated heterocycles. The van der Waals surface area contributed by atoms with Crippen LogP contribution in [0, 0.1) is 11.7 Å². The van der Waals surface area contributed by atoms with E-state index in [1.807, 2.05) is 12.1 Å². The molecule has 0 bridgehead atoms. The largest absolute Gasteiger partial charge is 0.330 e.